The zero-order valence-electron chi connectivity index (χ0n) is 15.1. The molecule has 1 aliphatic rings. The van der Waals surface area contributed by atoms with Crippen LogP contribution < -0.4 is 10.5 Å². The largest absolute Gasteiger partial charge is 0.336 e. The molecule has 1 fully saturated rings. The summed E-state index contributed by atoms with van der Waals surface area (Å²) >= 11 is 0. The lowest BCUT2D eigenvalue weighted by Crippen LogP contribution is -2.49. The van der Waals surface area contributed by atoms with Gasteiger partial charge in [-0.3, -0.25) is 4.79 Å². The summed E-state index contributed by atoms with van der Waals surface area (Å²) in [5.74, 6) is 0.550. The molecule has 9 heteroatoms. The zero-order valence-corrected chi connectivity index (χ0v) is 15.9. The first kappa shape index (κ1) is 18.6. The van der Waals surface area contributed by atoms with E-state index in [4.69, 9.17) is 5.14 Å². The molecule has 1 aliphatic heterocycles. The van der Waals surface area contributed by atoms with Crippen LogP contribution in [0, 0.1) is 13.8 Å². The summed E-state index contributed by atoms with van der Waals surface area (Å²) in [7, 11) is -2.02. The molecule has 0 saturated carbocycles. The van der Waals surface area contributed by atoms with Crippen molar-refractivity contribution in [2.24, 2.45) is 12.2 Å². The van der Waals surface area contributed by atoms with Crippen LogP contribution in [0.3, 0.4) is 0 Å². The second kappa shape index (κ2) is 6.82. The van der Waals surface area contributed by atoms with Gasteiger partial charge in [0, 0.05) is 44.6 Å². The second-order valence-electron chi connectivity index (χ2n) is 6.58. The number of rotatable bonds is 3. The van der Waals surface area contributed by atoms with Gasteiger partial charge in [-0.25, -0.2) is 18.5 Å². The van der Waals surface area contributed by atoms with Crippen molar-refractivity contribution in [3.8, 4) is 0 Å². The molecule has 0 spiro atoms. The van der Waals surface area contributed by atoms with Gasteiger partial charge in [-0.1, -0.05) is 0 Å². The van der Waals surface area contributed by atoms with Crippen LogP contribution in [0.5, 0.6) is 0 Å². The number of aryl methyl sites for hydroxylation is 2. The zero-order chi connectivity index (χ0) is 19.1. The van der Waals surface area contributed by atoms with Gasteiger partial charge >= 0.3 is 0 Å². The highest BCUT2D eigenvalue weighted by Gasteiger charge is 2.31. The van der Waals surface area contributed by atoms with Crippen molar-refractivity contribution in [2.75, 3.05) is 19.6 Å². The molecule has 2 heterocycles. The number of nitrogens with one attached hydrogen (secondary N) is 1. The minimum absolute atomic E-state index is 0.00970. The fourth-order valence-corrected chi connectivity index (χ4v) is 4.17. The van der Waals surface area contributed by atoms with Crippen molar-refractivity contribution < 1.29 is 13.2 Å². The average Bonchev–Trinajstić information content (AvgIpc) is 3.01. The minimum Gasteiger partial charge on any atom is -0.336 e. The summed E-state index contributed by atoms with van der Waals surface area (Å²) in [4.78, 5) is 19.3. The number of sulfonamides is 1. The summed E-state index contributed by atoms with van der Waals surface area (Å²) in [5, 5.41) is 8.60. The highest BCUT2D eigenvalue weighted by molar-refractivity contribution is 7.89. The first-order valence-corrected chi connectivity index (χ1v) is 9.87. The Balaban J connectivity index is 2.02. The van der Waals surface area contributed by atoms with Crippen LogP contribution >= 0.6 is 0 Å². The van der Waals surface area contributed by atoms with Crippen LogP contribution in [-0.2, 0) is 17.1 Å². The van der Waals surface area contributed by atoms with E-state index in [0.717, 1.165) is 5.82 Å². The van der Waals surface area contributed by atoms with E-state index >= 15 is 0 Å². The van der Waals surface area contributed by atoms with E-state index in [9.17, 15) is 13.2 Å². The molecule has 140 valence electrons. The van der Waals surface area contributed by atoms with Crippen LogP contribution in [0.1, 0.15) is 33.4 Å². The molecule has 8 nitrogen and oxygen atoms in total. The summed E-state index contributed by atoms with van der Waals surface area (Å²) in [6.45, 7) is 5.22. The lowest BCUT2D eigenvalue weighted by Gasteiger charge is -2.36. The maximum atomic E-state index is 13.2. The number of benzene rings is 1. The highest BCUT2D eigenvalue weighted by atomic mass is 32.2. The average molecular weight is 377 g/mol. The molecule has 0 bridgehead atoms. The molecule has 1 unspecified atom stereocenters. The predicted molar refractivity (Wildman–Crippen MR) is 97.1 cm³/mol. The normalized spacial score (nSPS) is 18.2. The summed E-state index contributed by atoms with van der Waals surface area (Å²) in [6.07, 6.45) is 3.53. The Kier molecular flexibility index (Phi) is 4.87. The maximum absolute atomic E-state index is 13.2. The van der Waals surface area contributed by atoms with Crippen LogP contribution in [0.4, 0.5) is 0 Å². The first-order valence-electron chi connectivity index (χ1n) is 8.33. The van der Waals surface area contributed by atoms with E-state index in [1.54, 1.807) is 31.0 Å². The van der Waals surface area contributed by atoms with Crippen LogP contribution in [0.15, 0.2) is 29.4 Å². The van der Waals surface area contributed by atoms with Gasteiger partial charge in [0.15, 0.2) is 0 Å². The van der Waals surface area contributed by atoms with Gasteiger partial charge in [-0.15, -0.1) is 0 Å². The van der Waals surface area contributed by atoms with Gasteiger partial charge in [0.2, 0.25) is 10.0 Å². The van der Waals surface area contributed by atoms with E-state index in [1.165, 1.54) is 6.07 Å². The Morgan fingerprint density at radius 3 is 2.69 bits per heavy atom. The first-order chi connectivity index (χ1) is 12.2. The standard InChI is InChI=1S/C17H23N5O3S/c1-11-8-13(9-15(12(11)2)26(18,24)25)17(23)22-7-4-19-10-14(22)16-20-5-6-21(16)3/h5-6,8-9,14,19H,4,7,10H2,1-3H3,(H2,18,24,25). The molecular formula is C17H23N5O3S. The van der Waals surface area contributed by atoms with Gasteiger partial charge in [-0.05, 0) is 37.1 Å². The van der Waals surface area contributed by atoms with Crippen molar-refractivity contribution >= 4 is 15.9 Å². The molecule has 0 aliphatic carbocycles. The van der Waals surface area contributed by atoms with Crippen LogP contribution in [0.2, 0.25) is 0 Å². The summed E-state index contributed by atoms with van der Waals surface area (Å²) in [5.41, 5.74) is 1.59. The quantitative estimate of drug-likeness (QED) is 0.808. The monoisotopic (exact) mass is 377 g/mol. The molecule has 26 heavy (non-hydrogen) atoms. The number of nitrogens with zero attached hydrogens (tertiary/aromatic N) is 3. The van der Waals surface area contributed by atoms with E-state index in [-0.39, 0.29) is 16.8 Å². The third-order valence-electron chi connectivity index (χ3n) is 4.83. The smallest absolute Gasteiger partial charge is 0.254 e. The minimum atomic E-state index is -3.91. The maximum Gasteiger partial charge on any atom is 0.254 e. The van der Waals surface area contributed by atoms with Gasteiger partial charge in [0.1, 0.15) is 11.9 Å². The van der Waals surface area contributed by atoms with Gasteiger partial charge < -0.3 is 14.8 Å². The third-order valence-corrected chi connectivity index (χ3v) is 5.87. The number of hydrogen-bond donors (Lipinski definition) is 2. The Bertz CT molecular complexity index is 951. The van der Waals surface area contributed by atoms with E-state index in [0.29, 0.717) is 36.3 Å². The molecular weight excluding hydrogens is 354 g/mol. The van der Waals surface area contributed by atoms with Crippen molar-refractivity contribution in [3.63, 3.8) is 0 Å². The molecule has 1 saturated heterocycles. The SMILES string of the molecule is Cc1cc(C(=O)N2CCNCC2c2nccn2C)cc(S(N)(=O)=O)c1C. The third kappa shape index (κ3) is 3.37. The highest BCUT2D eigenvalue weighted by Crippen LogP contribution is 2.26. The molecule has 1 atom stereocenters. The Morgan fingerprint density at radius 2 is 2.08 bits per heavy atom. The second-order valence-corrected chi connectivity index (χ2v) is 8.11. The van der Waals surface area contributed by atoms with Gasteiger partial charge in [0.25, 0.3) is 5.91 Å². The number of nitrogens with two attached hydrogens (primary N) is 1. The van der Waals surface area contributed by atoms with E-state index < -0.39 is 10.0 Å². The number of amides is 1. The summed E-state index contributed by atoms with van der Waals surface area (Å²) in [6, 6.07) is 2.86. The molecule has 3 N–H and O–H groups in total. The number of hydrogen-bond acceptors (Lipinski definition) is 5. The molecule has 1 amide bonds. The van der Waals surface area contributed by atoms with Crippen molar-refractivity contribution in [3.05, 3.63) is 47.0 Å². The molecule has 1 aromatic carbocycles. The van der Waals surface area contributed by atoms with Crippen molar-refractivity contribution in [2.45, 2.75) is 24.8 Å². The van der Waals surface area contributed by atoms with E-state index in [2.05, 4.69) is 10.3 Å². The Labute approximate surface area is 153 Å². The fraction of sp³-hybridized carbons (Fsp3) is 0.412. The number of aromatic nitrogens is 2. The number of imidazole rings is 1. The van der Waals surface area contributed by atoms with Crippen LogP contribution in [-0.4, -0.2) is 48.4 Å². The Morgan fingerprint density at radius 1 is 1.35 bits per heavy atom. The molecule has 3 rings (SSSR count). The van der Waals surface area contributed by atoms with Gasteiger partial charge in [-0.2, -0.15) is 0 Å². The number of piperazine rings is 1. The van der Waals surface area contributed by atoms with Crippen molar-refractivity contribution in [1.29, 1.82) is 0 Å². The Hall–Kier alpha value is -2.23. The van der Waals surface area contributed by atoms with E-state index in [1.807, 2.05) is 17.8 Å². The van der Waals surface area contributed by atoms with Gasteiger partial charge in [0.05, 0.1) is 4.90 Å². The van der Waals surface area contributed by atoms with Crippen molar-refractivity contribution in [1.82, 2.24) is 19.8 Å². The molecule has 2 aromatic rings. The molecule has 0 radical (unpaired) electrons. The number of carbonyl (C=O) groups is 1. The van der Waals surface area contributed by atoms with Crippen LogP contribution in [0.25, 0.3) is 0 Å². The lowest BCUT2D eigenvalue weighted by atomic mass is 10.0. The molecule has 1 aromatic heterocycles. The summed E-state index contributed by atoms with van der Waals surface area (Å²) < 4.78 is 25.6. The fourth-order valence-electron chi connectivity index (χ4n) is 3.29. The topological polar surface area (TPSA) is 110 Å². The number of carbonyl (C=O) groups excluding carboxylic acids is 1. The predicted octanol–water partition coefficient (Wildman–Crippen LogP) is 0.471. The number of primary sulfonamides is 1. The lowest BCUT2D eigenvalue weighted by molar-refractivity contribution is 0.0620.